The highest BCUT2D eigenvalue weighted by molar-refractivity contribution is 5.94. The average Bonchev–Trinajstić information content (AvgIpc) is 2.60. The molecule has 25 heavy (non-hydrogen) atoms. The monoisotopic (exact) mass is 348 g/mol. The number of amides is 1. The maximum atomic E-state index is 13.1. The molecule has 0 atom stereocenters. The fourth-order valence-corrected chi connectivity index (χ4v) is 2.14. The van der Waals surface area contributed by atoms with Gasteiger partial charge in [0.25, 0.3) is 5.91 Å². The largest absolute Gasteiger partial charge is 0.492 e. The molecule has 0 N–H and O–H groups in total. The molecule has 0 unspecified atom stereocenters. The van der Waals surface area contributed by atoms with E-state index in [-0.39, 0.29) is 36.1 Å². The lowest BCUT2D eigenvalue weighted by Gasteiger charge is -2.18. The second kappa shape index (κ2) is 8.09. The number of nitro benzene ring substituents is 1. The van der Waals surface area contributed by atoms with E-state index in [1.165, 1.54) is 48.4 Å². The number of hydrogen-bond acceptors (Lipinski definition) is 5. The van der Waals surface area contributed by atoms with Crippen LogP contribution >= 0.6 is 0 Å². The van der Waals surface area contributed by atoms with Gasteiger partial charge in [0.05, 0.1) is 18.6 Å². The molecule has 0 aliphatic carbocycles. The molecule has 2 aromatic carbocycles. The summed E-state index contributed by atoms with van der Waals surface area (Å²) in [5.74, 6) is -0.353. The summed E-state index contributed by atoms with van der Waals surface area (Å²) < 4.78 is 23.4. The number of methoxy groups -OCH3 is 1. The molecule has 0 saturated heterocycles. The van der Waals surface area contributed by atoms with Crippen molar-refractivity contribution < 1.29 is 23.6 Å². The van der Waals surface area contributed by atoms with E-state index in [1.54, 1.807) is 13.1 Å². The molecule has 0 heterocycles. The van der Waals surface area contributed by atoms with Crippen molar-refractivity contribution in [2.24, 2.45) is 0 Å². The minimum absolute atomic E-state index is 0.0141. The third-order valence-electron chi connectivity index (χ3n) is 3.46. The molecule has 0 spiro atoms. The minimum Gasteiger partial charge on any atom is -0.492 e. The Morgan fingerprint density at radius 2 is 2.04 bits per heavy atom. The van der Waals surface area contributed by atoms with Gasteiger partial charge in [-0.1, -0.05) is 6.07 Å². The fraction of sp³-hybridized carbons (Fsp3) is 0.235. The van der Waals surface area contributed by atoms with Crippen LogP contribution in [-0.4, -0.2) is 43.0 Å². The lowest BCUT2D eigenvalue weighted by Crippen LogP contribution is -2.30. The Hall–Kier alpha value is -3.16. The maximum absolute atomic E-state index is 13.1. The predicted octanol–water partition coefficient (Wildman–Crippen LogP) is 2.89. The van der Waals surface area contributed by atoms with E-state index in [2.05, 4.69) is 0 Å². The lowest BCUT2D eigenvalue weighted by molar-refractivity contribution is -0.385. The Morgan fingerprint density at radius 3 is 2.68 bits per heavy atom. The zero-order valence-electron chi connectivity index (χ0n) is 13.8. The molecule has 0 bridgehead atoms. The van der Waals surface area contributed by atoms with Gasteiger partial charge in [0.2, 0.25) is 0 Å². The molecule has 8 heteroatoms. The zero-order chi connectivity index (χ0) is 18.4. The second-order valence-corrected chi connectivity index (χ2v) is 5.18. The Labute approximate surface area is 143 Å². The van der Waals surface area contributed by atoms with E-state index >= 15 is 0 Å². The summed E-state index contributed by atoms with van der Waals surface area (Å²) >= 11 is 0. The molecule has 2 rings (SSSR count). The van der Waals surface area contributed by atoms with Crippen LogP contribution in [0.15, 0.2) is 42.5 Å². The first-order chi connectivity index (χ1) is 11.9. The Morgan fingerprint density at radius 1 is 1.28 bits per heavy atom. The van der Waals surface area contributed by atoms with Crippen LogP contribution < -0.4 is 9.47 Å². The fourth-order valence-electron chi connectivity index (χ4n) is 2.14. The summed E-state index contributed by atoms with van der Waals surface area (Å²) in [6.45, 7) is 0.435. The van der Waals surface area contributed by atoms with Crippen LogP contribution in [0.5, 0.6) is 11.5 Å². The molecule has 0 saturated carbocycles. The highest BCUT2D eigenvalue weighted by Gasteiger charge is 2.19. The van der Waals surface area contributed by atoms with E-state index in [0.717, 1.165) is 0 Å². The molecule has 7 nitrogen and oxygen atoms in total. The predicted molar refractivity (Wildman–Crippen MR) is 88.5 cm³/mol. The minimum atomic E-state index is -0.580. The number of nitro groups is 1. The van der Waals surface area contributed by atoms with Gasteiger partial charge in [-0.2, -0.15) is 0 Å². The van der Waals surface area contributed by atoms with Crippen molar-refractivity contribution >= 4 is 11.6 Å². The smallest absolute Gasteiger partial charge is 0.310 e. The van der Waals surface area contributed by atoms with Gasteiger partial charge < -0.3 is 14.4 Å². The zero-order valence-corrected chi connectivity index (χ0v) is 13.8. The van der Waals surface area contributed by atoms with E-state index in [9.17, 15) is 19.3 Å². The van der Waals surface area contributed by atoms with Crippen LogP contribution in [0.1, 0.15) is 10.4 Å². The summed E-state index contributed by atoms with van der Waals surface area (Å²) in [6.07, 6.45) is 0. The summed E-state index contributed by atoms with van der Waals surface area (Å²) in [4.78, 5) is 24.1. The number of benzene rings is 2. The third-order valence-corrected chi connectivity index (χ3v) is 3.46. The van der Waals surface area contributed by atoms with Crippen LogP contribution in [0.3, 0.4) is 0 Å². The van der Waals surface area contributed by atoms with Gasteiger partial charge in [0, 0.05) is 30.8 Å². The van der Waals surface area contributed by atoms with Crippen LogP contribution in [0, 0.1) is 15.9 Å². The number of likely N-dealkylation sites (N-methyl/N-ethyl adjacent to an activating group) is 1. The molecule has 0 aromatic heterocycles. The number of carbonyl (C=O) groups excluding carboxylic acids is 1. The first-order valence-corrected chi connectivity index (χ1v) is 7.38. The van der Waals surface area contributed by atoms with Gasteiger partial charge in [0.1, 0.15) is 18.2 Å². The molecule has 0 aliphatic heterocycles. The quantitative estimate of drug-likeness (QED) is 0.568. The number of carbonyl (C=O) groups is 1. The van der Waals surface area contributed by atoms with Gasteiger partial charge in [-0.3, -0.25) is 14.9 Å². The summed E-state index contributed by atoms with van der Waals surface area (Å²) in [7, 11) is 2.87. The first kappa shape index (κ1) is 18.2. The molecular weight excluding hydrogens is 331 g/mol. The van der Waals surface area contributed by atoms with Crippen molar-refractivity contribution in [3.05, 3.63) is 64.0 Å². The van der Waals surface area contributed by atoms with Gasteiger partial charge in [0.15, 0.2) is 5.75 Å². The SMILES string of the molecule is COc1cc(C(=O)N(C)CCOc2cccc(F)c2)ccc1[N+](=O)[O-]. The lowest BCUT2D eigenvalue weighted by atomic mass is 10.1. The standard InChI is InChI=1S/C17H17FN2O5/c1-19(8-9-25-14-5-3-4-13(18)11-14)17(21)12-6-7-15(20(22)23)16(10-12)24-2/h3-7,10-11H,8-9H2,1-2H3. The highest BCUT2D eigenvalue weighted by atomic mass is 19.1. The Bertz CT molecular complexity index is 781. The number of rotatable bonds is 7. The van der Waals surface area contributed by atoms with Crippen molar-refractivity contribution in [3.8, 4) is 11.5 Å². The Balaban J connectivity index is 1.98. The van der Waals surface area contributed by atoms with Crippen LogP contribution in [0.2, 0.25) is 0 Å². The summed E-state index contributed by atoms with van der Waals surface area (Å²) in [5.41, 5.74) is 0.0480. The normalized spacial score (nSPS) is 10.2. The molecule has 0 aliphatic rings. The van der Waals surface area contributed by atoms with Crippen LogP contribution in [-0.2, 0) is 0 Å². The topological polar surface area (TPSA) is 81.9 Å². The number of ether oxygens (including phenoxy) is 2. The van der Waals surface area contributed by atoms with Crippen molar-refractivity contribution in [3.63, 3.8) is 0 Å². The molecule has 132 valence electrons. The third kappa shape index (κ3) is 4.66. The molecule has 0 radical (unpaired) electrons. The summed E-state index contributed by atoms with van der Waals surface area (Å²) in [6, 6.07) is 9.63. The van der Waals surface area contributed by atoms with Crippen molar-refractivity contribution in [2.75, 3.05) is 27.3 Å². The first-order valence-electron chi connectivity index (χ1n) is 7.38. The highest BCUT2D eigenvalue weighted by Crippen LogP contribution is 2.27. The number of nitrogens with zero attached hydrogens (tertiary/aromatic N) is 2. The van der Waals surface area contributed by atoms with Gasteiger partial charge >= 0.3 is 5.69 Å². The van der Waals surface area contributed by atoms with Crippen LogP contribution in [0.4, 0.5) is 10.1 Å². The summed E-state index contributed by atoms with van der Waals surface area (Å²) in [5, 5.41) is 10.9. The molecule has 0 fully saturated rings. The van der Waals surface area contributed by atoms with Crippen LogP contribution in [0.25, 0.3) is 0 Å². The van der Waals surface area contributed by atoms with Crippen molar-refractivity contribution in [1.82, 2.24) is 4.90 Å². The van der Waals surface area contributed by atoms with Crippen molar-refractivity contribution in [1.29, 1.82) is 0 Å². The number of hydrogen-bond donors (Lipinski definition) is 0. The van der Waals surface area contributed by atoms with Gasteiger partial charge in [-0.05, 0) is 18.2 Å². The van der Waals surface area contributed by atoms with E-state index in [4.69, 9.17) is 9.47 Å². The maximum Gasteiger partial charge on any atom is 0.310 e. The Kier molecular flexibility index (Phi) is 5.89. The molecule has 2 aromatic rings. The average molecular weight is 348 g/mol. The van der Waals surface area contributed by atoms with Crippen molar-refractivity contribution in [2.45, 2.75) is 0 Å². The van der Waals surface area contributed by atoms with E-state index in [0.29, 0.717) is 5.75 Å². The van der Waals surface area contributed by atoms with Gasteiger partial charge in [-0.25, -0.2) is 4.39 Å². The molecular formula is C17H17FN2O5. The number of halogens is 1. The van der Waals surface area contributed by atoms with Gasteiger partial charge in [-0.15, -0.1) is 0 Å². The second-order valence-electron chi connectivity index (χ2n) is 5.18. The molecule has 1 amide bonds. The van der Waals surface area contributed by atoms with E-state index in [1.807, 2.05) is 0 Å². The van der Waals surface area contributed by atoms with E-state index < -0.39 is 10.7 Å².